The number of nitrogens with zero attached hydrogens (tertiary/aromatic N) is 2. The molecular weight excluding hydrogens is 235 g/mol. The van der Waals surface area contributed by atoms with Gasteiger partial charge in [-0.25, -0.2) is 4.98 Å². The number of aromatic nitrogens is 2. The summed E-state index contributed by atoms with van der Waals surface area (Å²) in [6, 6.07) is 5.12. The first kappa shape index (κ1) is 10.5. The van der Waals surface area contributed by atoms with Gasteiger partial charge in [-0.1, -0.05) is 17.7 Å². The molecule has 1 aromatic carbocycles. The molecule has 0 aliphatic heterocycles. The Bertz CT molecular complexity index is 577. The summed E-state index contributed by atoms with van der Waals surface area (Å²) >= 11 is 11.8. The predicted octanol–water partition coefficient (Wildman–Crippen LogP) is 2.72. The van der Waals surface area contributed by atoms with Gasteiger partial charge in [0.2, 0.25) is 5.28 Å². The molecule has 2 aromatic rings. The summed E-state index contributed by atoms with van der Waals surface area (Å²) in [5.41, 5.74) is 0.334. The molecule has 0 saturated heterocycles. The van der Waals surface area contributed by atoms with E-state index >= 15 is 0 Å². The average Bonchev–Trinajstić information content (AvgIpc) is 2.17. The molecule has 0 bridgehead atoms. The Balaban J connectivity index is 2.99. The van der Waals surface area contributed by atoms with E-state index in [9.17, 15) is 4.79 Å². The second-order valence-corrected chi connectivity index (χ2v) is 3.81. The summed E-state index contributed by atoms with van der Waals surface area (Å²) in [5, 5.41) is 1.02. The van der Waals surface area contributed by atoms with E-state index in [-0.39, 0.29) is 10.8 Å². The zero-order chi connectivity index (χ0) is 11.0. The second kappa shape index (κ2) is 3.83. The highest BCUT2D eigenvalue weighted by Crippen LogP contribution is 2.19. The molecule has 1 aromatic heterocycles. The lowest BCUT2D eigenvalue weighted by Gasteiger charge is -2.06. The van der Waals surface area contributed by atoms with Crippen molar-refractivity contribution in [1.29, 1.82) is 0 Å². The van der Waals surface area contributed by atoms with E-state index in [4.69, 9.17) is 23.2 Å². The lowest BCUT2D eigenvalue weighted by molar-refractivity contribution is 0.719. The molecule has 5 heteroatoms. The maximum atomic E-state index is 12.0. The topological polar surface area (TPSA) is 34.9 Å². The Labute approximate surface area is 96.3 Å². The largest absolute Gasteiger partial charge is 0.283 e. The van der Waals surface area contributed by atoms with Crippen LogP contribution in [0.2, 0.25) is 10.3 Å². The molecule has 78 valence electrons. The lowest BCUT2D eigenvalue weighted by atomic mass is 10.2. The Morgan fingerprint density at radius 2 is 2.13 bits per heavy atom. The fourth-order valence-corrected chi connectivity index (χ4v) is 2.01. The van der Waals surface area contributed by atoms with Crippen molar-refractivity contribution in [2.24, 2.45) is 0 Å². The first-order valence-electron chi connectivity index (χ1n) is 4.49. The smallest absolute Gasteiger partial charge is 0.263 e. The zero-order valence-corrected chi connectivity index (χ0v) is 9.51. The quantitative estimate of drug-likeness (QED) is 0.722. The van der Waals surface area contributed by atoms with E-state index in [1.807, 2.05) is 6.92 Å². The van der Waals surface area contributed by atoms with Gasteiger partial charge >= 0.3 is 0 Å². The van der Waals surface area contributed by atoms with Crippen molar-refractivity contribution in [2.45, 2.75) is 13.5 Å². The Morgan fingerprint density at radius 3 is 2.80 bits per heavy atom. The van der Waals surface area contributed by atoms with Crippen LogP contribution in [0.3, 0.4) is 0 Å². The molecule has 0 amide bonds. The molecule has 0 aliphatic carbocycles. The summed E-state index contributed by atoms with van der Waals surface area (Å²) < 4.78 is 1.38. The SMILES string of the molecule is CCn1c(Cl)nc2cccc(Cl)c2c1=O. The van der Waals surface area contributed by atoms with Crippen LogP contribution in [-0.4, -0.2) is 9.55 Å². The second-order valence-electron chi connectivity index (χ2n) is 3.06. The van der Waals surface area contributed by atoms with E-state index in [0.717, 1.165) is 0 Å². The maximum absolute atomic E-state index is 12.0. The average molecular weight is 243 g/mol. The van der Waals surface area contributed by atoms with Gasteiger partial charge in [0.05, 0.1) is 15.9 Å². The van der Waals surface area contributed by atoms with Gasteiger partial charge in [-0.05, 0) is 30.7 Å². The standard InChI is InChI=1S/C10H8Cl2N2O/c1-2-14-9(15)8-6(11)4-3-5-7(8)13-10(14)12/h3-5H,2H2,1H3. The van der Waals surface area contributed by atoms with Crippen LogP contribution >= 0.6 is 23.2 Å². The summed E-state index contributed by atoms with van der Waals surface area (Å²) in [5.74, 6) is 0. The Kier molecular flexibility index (Phi) is 2.67. The van der Waals surface area contributed by atoms with E-state index in [2.05, 4.69) is 4.98 Å². The first-order chi connectivity index (χ1) is 7.15. The fraction of sp³-hybridized carbons (Fsp3) is 0.200. The minimum atomic E-state index is -0.196. The van der Waals surface area contributed by atoms with Gasteiger partial charge in [-0.15, -0.1) is 0 Å². The van der Waals surface area contributed by atoms with Gasteiger partial charge in [0.15, 0.2) is 0 Å². The third-order valence-corrected chi connectivity index (χ3v) is 2.81. The molecule has 3 nitrogen and oxygen atoms in total. The third-order valence-electron chi connectivity index (χ3n) is 2.20. The highest BCUT2D eigenvalue weighted by Gasteiger charge is 2.10. The summed E-state index contributed by atoms with van der Waals surface area (Å²) in [7, 11) is 0. The zero-order valence-electron chi connectivity index (χ0n) is 8.00. The minimum Gasteiger partial charge on any atom is -0.283 e. The highest BCUT2D eigenvalue weighted by atomic mass is 35.5. The number of benzene rings is 1. The van der Waals surface area contributed by atoms with Gasteiger partial charge < -0.3 is 0 Å². The molecule has 0 N–H and O–H groups in total. The van der Waals surface area contributed by atoms with Gasteiger partial charge in [0.25, 0.3) is 5.56 Å². The van der Waals surface area contributed by atoms with Gasteiger partial charge in [-0.3, -0.25) is 9.36 Å². The van der Waals surface area contributed by atoms with Crippen molar-refractivity contribution < 1.29 is 0 Å². The molecule has 0 aliphatic rings. The number of halogens is 2. The predicted molar refractivity (Wildman–Crippen MR) is 61.7 cm³/mol. The first-order valence-corrected chi connectivity index (χ1v) is 5.25. The fourth-order valence-electron chi connectivity index (χ4n) is 1.47. The van der Waals surface area contributed by atoms with Crippen LogP contribution in [0.5, 0.6) is 0 Å². The van der Waals surface area contributed by atoms with Gasteiger partial charge in [0.1, 0.15) is 0 Å². The molecule has 0 radical (unpaired) electrons. The summed E-state index contributed by atoms with van der Waals surface area (Å²) in [4.78, 5) is 16.1. The molecule has 15 heavy (non-hydrogen) atoms. The molecule has 0 saturated carbocycles. The van der Waals surface area contributed by atoms with Crippen LogP contribution in [0.15, 0.2) is 23.0 Å². The van der Waals surface area contributed by atoms with Crippen LogP contribution in [0, 0.1) is 0 Å². The van der Waals surface area contributed by atoms with E-state index < -0.39 is 0 Å². The van der Waals surface area contributed by atoms with Crippen molar-refractivity contribution in [2.75, 3.05) is 0 Å². The molecular formula is C10H8Cl2N2O. The van der Waals surface area contributed by atoms with Crippen molar-refractivity contribution in [3.8, 4) is 0 Å². The van der Waals surface area contributed by atoms with Crippen LogP contribution in [0.4, 0.5) is 0 Å². The van der Waals surface area contributed by atoms with E-state index in [1.54, 1.807) is 18.2 Å². The molecule has 0 spiro atoms. The van der Waals surface area contributed by atoms with Crippen LogP contribution in [0.25, 0.3) is 10.9 Å². The number of hydrogen-bond acceptors (Lipinski definition) is 2. The van der Waals surface area contributed by atoms with E-state index in [1.165, 1.54) is 4.57 Å². The highest BCUT2D eigenvalue weighted by molar-refractivity contribution is 6.35. The minimum absolute atomic E-state index is 0.192. The summed E-state index contributed by atoms with van der Waals surface area (Å²) in [6.07, 6.45) is 0. The van der Waals surface area contributed by atoms with Crippen molar-refractivity contribution in [3.05, 3.63) is 38.9 Å². The third kappa shape index (κ3) is 1.62. The van der Waals surface area contributed by atoms with Crippen LogP contribution < -0.4 is 5.56 Å². The van der Waals surface area contributed by atoms with Crippen molar-refractivity contribution in [3.63, 3.8) is 0 Å². The van der Waals surface area contributed by atoms with Gasteiger partial charge in [0, 0.05) is 6.54 Å². The van der Waals surface area contributed by atoms with Gasteiger partial charge in [-0.2, -0.15) is 0 Å². The maximum Gasteiger partial charge on any atom is 0.263 e. The molecule has 0 fully saturated rings. The number of rotatable bonds is 1. The monoisotopic (exact) mass is 242 g/mol. The lowest BCUT2D eigenvalue weighted by Crippen LogP contribution is -2.21. The Morgan fingerprint density at radius 1 is 1.40 bits per heavy atom. The van der Waals surface area contributed by atoms with Crippen LogP contribution in [-0.2, 0) is 6.54 Å². The molecule has 0 unspecified atom stereocenters. The molecule has 0 atom stereocenters. The van der Waals surface area contributed by atoms with Crippen molar-refractivity contribution in [1.82, 2.24) is 9.55 Å². The number of hydrogen-bond donors (Lipinski definition) is 0. The molecule has 1 heterocycles. The molecule has 2 rings (SSSR count). The van der Waals surface area contributed by atoms with Crippen LogP contribution in [0.1, 0.15) is 6.92 Å². The Hall–Kier alpha value is -1.06. The normalized spacial score (nSPS) is 10.9. The number of fused-ring (bicyclic) bond motifs is 1. The van der Waals surface area contributed by atoms with E-state index in [0.29, 0.717) is 22.5 Å². The summed E-state index contributed by atoms with van der Waals surface area (Å²) in [6.45, 7) is 2.31. The van der Waals surface area contributed by atoms with Crippen molar-refractivity contribution >= 4 is 34.1 Å².